The van der Waals surface area contributed by atoms with Crippen molar-refractivity contribution in [3.05, 3.63) is 53.3 Å². The van der Waals surface area contributed by atoms with Crippen LogP contribution in [-0.4, -0.2) is 33.1 Å². The van der Waals surface area contributed by atoms with Gasteiger partial charge in [0.05, 0.1) is 16.8 Å². The van der Waals surface area contributed by atoms with E-state index in [0.29, 0.717) is 22.6 Å². The first-order chi connectivity index (χ1) is 13.3. The molecule has 0 fully saturated rings. The Hall–Kier alpha value is -3.45. The van der Waals surface area contributed by atoms with Gasteiger partial charge in [0.1, 0.15) is 30.0 Å². The van der Waals surface area contributed by atoms with E-state index >= 15 is 0 Å². The van der Waals surface area contributed by atoms with Gasteiger partial charge >= 0.3 is 0 Å². The lowest BCUT2D eigenvalue weighted by Gasteiger charge is -2.27. The molecule has 0 saturated carbocycles. The minimum absolute atomic E-state index is 0.116. The van der Waals surface area contributed by atoms with E-state index in [1.165, 1.54) is 18.3 Å². The molecule has 2 aromatic rings. The number of anilines is 1. The lowest BCUT2D eigenvalue weighted by molar-refractivity contribution is 0.0880. The molecule has 1 atom stereocenters. The van der Waals surface area contributed by atoms with Crippen molar-refractivity contribution in [2.75, 3.05) is 11.3 Å². The maximum Gasteiger partial charge on any atom is 0.251 e. The molecular formula is C18H18N6O3S. The average Bonchev–Trinajstić information content (AvgIpc) is 2.65. The number of pyridine rings is 1. The number of ether oxygens (including phenoxy) is 1. The van der Waals surface area contributed by atoms with Crippen molar-refractivity contribution < 1.29 is 13.7 Å². The minimum Gasteiger partial charge on any atom is -0.490 e. The van der Waals surface area contributed by atoms with Crippen LogP contribution < -0.4 is 20.5 Å². The van der Waals surface area contributed by atoms with Crippen LogP contribution in [0.25, 0.3) is 0 Å². The Labute approximate surface area is 164 Å². The number of carbonyl (C=O) groups is 1. The van der Waals surface area contributed by atoms with E-state index in [1.54, 1.807) is 32.0 Å². The maximum atomic E-state index is 12.5. The molecule has 9 nitrogen and oxygen atoms in total. The number of aromatic nitrogens is 1. The van der Waals surface area contributed by atoms with Gasteiger partial charge in [-0.15, -0.1) is 0 Å². The summed E-state index contributed by atoms with van der Waals surface area (Å²) < 4.78 is 24.0. The van der Waals surface area contributed by atoms with Gasteiger partial charge in [-0.25, -0.2) is 9.19 Å². The van der Waals surface area contributed by atoms with Gasteiger partial charge in [0.25, 0.3) is 5.91 Å². The molecule has 3 rings (SSSR count). The molecule has 1 aromatic carbocycles. The smallest absolute Gasteiger partial charge is 0.251 e. The summed E-state index contributed by atoms with van der Waals surface area (Å²) in [6.07, 6.45) is 1.41. The molecule has 1 amide bonds. The third-order valence-corrected chi connectivity index (χ3v) is 4.60. The van der Waals surface area contributed by atoms with E-state index in [0.717, 1.165) is 0 Å². The highest BCUT2D eigenvalue weighted by Crippen LogP contribution is 2.30. The normalized spacial score (nSPS) is 15.5. The van der Waals surface area contributed by atoms with E-state index in [4.69, 9.17) is 15.7 Å². The summed E-state index contributed by atoms with van der Waals surface area (Å²) in [5, 5.41) is 11.8. The number of rotatable bonds is 5. The van der Waals surface area contributed by atoms with Crippen molar-refractivity contribution in [2.24, 2.45) is 10.1 Å². The van der Waals surface area contributed by atoms with Crippen LogP contribution in [0.2, 0.25) is 0 Å². The number of hydrogen-bond donors (Lipinski definition) is 3. The van der Waals surface area contributed by atoms with Crippen molar-refractivity contribution in [2.45, 2.75) is 19.4 Å². The number of nitrogens with one attached hydrogen (secondary N) is 2. The quantitative estimate of drug-likeness (QED) is 0.692. The fourth-order valence-corrected chi connectivity index (χ4v) is 3.23. The fourth-order valence-electron chi connectivity index (χ4n) is 2.56. The highest BCUT2D eigenvalue weighted by atomic mass is 32.2. The van der Waals surface area contributed by atoms with Gasteiger partial charge in [0, 0.05) is 11.8 Å². The molecule has 0 radical (unpaired) electrons. The fraction of sp³-hybridized carbons (Fsp3) is 0.222. The predicted octanol–water partition coefficient (Wildman–Crippen LogP) is 1.25. The Morgan fingerprint density at radius 3 is 2.96 bits per heavy atom. The van der Waals surface area contributed by atoms with E-state index in [-0.39, 0.29) is 24.0 Å². The lowest BCUT2D eigenvalue weighted by atomic mass is 10.1. The molecule has 4 N–H and O–H groups in total. The van der Waals surface area contributed by atoms with E-state index in [2.05, 4.69) is 19.4 Å². The first-order valence-corrected chi connectivity index (χ1v) is 9.37. The molecule has 2 heterocycles. The monoisotopic (exact) mass is 398 g/mol. The van der Waals surface area contributed by atoms with Crippen molar-refractivity contribution >= 4 is 28.6 Å². The van der Waals surface area contributed by atoms with Gasteiger partial charge in [0.15, 0.2) is 0 Å². The largest absolute Gasteiger partial charge is 0.490 e. The molecular weight excluding hydrogens is 380 g/mol. The lowest BCUT2D eigenvalue weighted by Crippen LogP contribution is -2.48. The molecule has 1 aliphatic rings. The van der Waals surface area contributed by atoms with Crippen LogP contribution in [0, 0.1) is 11.3 Å². The molecule has 0 bridgehead atoms. The van der Waals surface area contributed by atoms with Crippen molar-refractivity contribution in [1.82, 2.24) is 10.3 Å². The number of amides is 1. The van der Waals surface area contributed by atoms with Crippen LogP contribution in [0.3, 0.4) is 0 Å². The van der Waals surface area contributed by atoms with Gasteiger partial charge < -0.3 is 15.8 Å². The summed E-state index contributed by atoms with van der Waals surface area (Å²) in [6, 6.07) is 10.0. The number of hydrogen-bond acceptors (Lipinski definition) is 6. The third-order valence-electron chi connectivity index (χ3n) is 3.84. The van der Waals surface area contributed by atoms with Crippen LogP contribution >= 0.6 is 0 Å². The molecule has 0 saturated heterocycles. The number of fused-ring (bicyclic) bond motifs is 1. The molecule has 1 aliphatic heterocycles. The SMILES string of the molecule is CC(C)(COc1cccc2c1C(N)=NS(=O)N2)NC(=O)c1ccnc(C#N)c1. The molecule has 10 heteroatoms. The molecule has 28 heavy (non-hydrogen) atoms. The zero-order valence-corrected chi connectivity index (χ0v) is 16.0. The summed E-state index contributed by atoms with van der Waals surface area (Å²) in [6.45, 7) is 3.75. The third kappa shape index (κ3) is 4.27. The van der Waals surface area contributed by atoms with Crippen LogP contribution in [0.15, 0.2) is 40.9 Å². The molecule has 144 valence electrons. The number of amidine groups is 1. The zero-order valence-electron chi connectivity index (χ0n) is 15.2. The van der Waals surface area contributed by atoms with Gasteiger partial charge in [-0.05, 0) is 38.1 Å². The van der Waals surface area contributed by atoms with Gasteiger partial charge in [-0.1, -0.05) is 6.07 Å². The van der Waals surface area contributed by atoms with Crippen LogP contribution in [-0.2, 0) is 11.2 Å². The highest BCUT2D eigenvalue weighted by molar-refractivity contribution is 7.85. The highest BCUT2D eigenvalue weighted by Gasteiger charge is 2.25. The second-order valence-corrected chi connectivity index (χ2v) is 7.56. The average molecular weight is 398 g/mol. The molecule has 1 aromatic heterocycles. The van der Waals surface area contributed by atoms with E-state index < -0.39 is 16.7 Å². The first kappa shape index (κ1) is 19.3. The van der Waals surface area contributed by atoms with E-state index in [1.807, 2.05) is 6.07 Å². The standard InChI is InChI=1S/C18H18N6O3S/c1-18(2,22-17(25)11-6-7-21-12(8-11)9-19)10-27-14-5-3-4-13-15(14)16(20)24-28(26)23-13/h3-8,23H,10H2,1-2H3,(H2,20,24)(H,22,25). The summed E-state index contributed by atoms with van der Waals surface area (Å²) in [5.41, 5.74) is 6.75. The summed E-state index contributed by atoms with van der Waals surface area (Å²) in [7, 11) is 0. The maximum absolute atomic E-state index is 12.5. The van der Waals surface area contributed by atoms with Crippen molar-refractivity contribution in [3.8, 4) is 11.8 Å². The second-order valence-electron chi connectivity index (χ2n) is 6.67. The number of nitrogens with two attached hydrogens (primary N) is 1. The number of nitrogens with zero attached hydrogens (tertiary/aromatic N) is 3. The van der Waals surface area contributed by atoms with Crippen LogP contribution in [0.5, 0.6) is 5.75 Å². The van der Waals surface area contributed by atoms with Gasteiger partial charge in [0.2, 0.25) is 11.2 Å². The Bertz CT molecular complexity index is 1030. The number of nitriles is 1. The number of carbonyl (C=O) groups excluding carboxylic acids is 1. The summed E-state index contributed by atoms with van der Waals surface area (Å²) >= 11 is -1.62. The number of benzene rings is 1. The Morgan fingerprint density at radius 1 is 1.43 bits per heavy atom. The Morgan fingerprint density at radius 2 is 2.21 bits per heavy atom. The molecule has 0 aliphatic carbocycles. The molecule has 0 spiro atoms. The van der Waals surface area contributed by atoms with Crippen LogP contribution in [0.4, 0.5) is 5.69 Å². The Balaban J connectivity index is 1.72. The molecule has 1 unspecified atom stereocenters. The Kier molecular flexibility index (Phi) is 5.28. The van der Waals surface area contributed by atoms with Gasteiger partial charge in [-0.2, -0.15) is 9.66 Å². The second kappa shape index (κ2) is 7.66. The summed E-state index contributed by atoms with van der Waals surface area (Å²) in [5.74, 6) is 0.229. The summed E-state index contributed by atoms with van der Waals surface area (Å²) in [4.78, 5) is 16.3. The van der Waals surface area contributed by atoms with Crippen molar-refractivity contribution in [1.29, 1.82) is 5.26 Å². The van der Waals surface area contributed by atoms with Crippen molar-refractivity contribution in [3.63, 3.8) is 0 Å². The van der Waals surface area contributed by atoms with E-state index in [9.17, 15) is 9.00 Å². The topological polar surface area (TPSA) is 142 Å². The zero-order chi connectivity index (χ0) is 20.3. The minimum atomic E-state index is -1.62. The first-order valence-electron chi connectivity index (χ1n) is 8.26. The van der Waals surface area contributed by atoms with Gasteiger partial charge in [-0.3, -0.25) is 9.52 Å². The predicted molar refractivity (Wildman–Crippen MR) is 105 cm³/mol. The van der Waals surface area contributed by atoms with Crippen LogP contribution in [0.1, 0.15) is 35.5 Å².